The van der Waals surface area contributed by atoms with Crippen LogP contribution < -0.4 is 4.74 Å². The highest BCUT2D eigenvalue weighted by Crippen LogP contribution is 2.25. The molecule has 17 heavy (non-hydrogen) atoms. The third kappa shape index (κ3) is 2.50. The van der Waals surface area contributed by atoms with Gasteiger partial charge in [-0.3, -0.25) is 4.79 Å². The number of ether oxygens (including phenoxy) is 1. The molecule has 1 heterocycles. The lowest BCUT2D eigenvalue weighted by atomic mass is 10.2. The van der Waals surface area contributed by atoms with Crippen LogP contribution in [0.2, 0.25) is 0 Å². The van der Waals surface area contributed by atoms with Crippen LogP contribution in [0, 0.1) is 13.8 Å². The maximum Gasteiger partial charge on any atom is 0.222 e. The fourth-order valence-corrected chi connectivity index (χ4v) is 1.53. The molecule has 1 aromatic carbocycles. The number of carbonyl (C=O) groups excluding carboxylic acids is 1. The molecular weight excluding hydrogens is 214 g/mol. The number of hydrogen-bond donors (Lipinski definition) is 0. The van der Waals surface area contributed by atoms with E-state index in [0.717, 1.165) is 23.2 Å². The van der Waals surface area contributed by atoms with Gasteiger partial charge in [0, 0.05) is 17.3 Å². The Labute approximate surface area is 100 Å². The SMILES string of the molecule is Cc1ccccc1Oc1ncc(C=O)cc1C. The van der Waals surface area contributed by atoms with Crippen molar-refractivity contribution in [2.24, 2.45) is 0 Å². The maximum atomic E-state index is 10.6. The Bertz CT molecular complexity index is 550. The number of benzene rings is 1. The van der Waals surface area contributed by atoms with Crippen molar-refractivity contribution in [3.05, 3.63) is 53.2 Å². The standard InChI is InChI=1S/C14H13NO2/c1-10-5-3-4-6-13(10)17-14-11(2)7-12(9-16)8-15-14/h3-9H,1-2H3. The second kappa shape index (κ2) is 4.78. The Morgan fingerprint density at radius 2 is 1.94 bits per heavy atom. The van der Waals surface area contributed by atoms with Crippen LogP contribution in [0.3, 0.4) is 0 Å². The van der Waals surface area contributed by atoms with Crippen molar-refractivity contribution in [3.63, 3.8) is 0 Å². The molecular formula is C14H13NO2. The first-order valence-electron chi connectivity index (χ1n) is 5.36. The molecule has 0 N–H and O–H groups in total. The molecule has 0 unspecified atom stereocenters. The van der Waals surface area contributed by atoms with Gasteiger partial charge >= 0.3 is 0 Å². The molecule has 0 saturated carbocycles. The van der Waals surface area contributed by atoms with Crippen LogP contribution in [0.5, 0.6) is 11.6 Å². The van der Waals surface area contributed by atoms with Crippen LogP contribution in [0.15, 0.2) is 36.5 Å². The van der Waals surface area contributed by atoms with Crippen molar-refractivity contribution in [1.29, 1.82) is 0 Å². The summed E-state index contributed by atoms with van der Waals surface area (Å²) in [5, 5.41) is 0. The van der Waals surface area contributed by atoms with Crippen molar-refractivity contribution in [1.82, 2.24) is 4.98 Å². The predicted molar refractivity (Wildman–Crippen MR) is 65.6 cm³/mol. The number of aldehydes is 1. The van der Waals surface area contributed by atoms with Crippen LogP contribution >= 0.6 is 0 Å². The summed E-state index contributed by atoms with van der Waals surface area (Å²) in [4.78, 5) is 14.7. The zero-order valence-corrected chi connectivity index (χ0v) is 9.81. The minimum absolute atomic E-state index is 0.532. The van der Waals surface area contributed by atoms with Gasteiger partial charge < -0.3 is 4.74 Å². The van der Waals surface area contributed by atoms with Crippen molar-refractivity contribution < 1.29 is 9.53 Å². The highest BCUT2D eigenvalue weighted by molar-refractivity contribution is 5.74. The molecule has 0 aliphatic rings. The lowest BCUT2D eigenvalue weighted by molar-refractivity contribution is 0.112. The minimum atomic E-state index is 0.532. The van der Waals surface area contributed by atoms with E-state index in [2.05, 4.69) is 4.98 Å². The molecule has 0 saturated heterocycles. The summed E-state index contributed by atoms with van der Waals surface area (Å²) in [5.41, 5.74) is 2.45. The van der Waals surface area contributed by atoms with Crippen LogP contribution in [0.4, 0.5) is 0 Å². The van der Waals surface area contributed by atoms with Gasteiger partial charge in [-0.15, -0.1) is 0 Å². The first kappa shape index (κ1) is 11.3. The largest absolute Gasteiger partial charge is 0.438 e. The molecule has 0 bridgehead atoms. The summed E-state index contributed by atoms with van der Waals surface area (Å²) in [7, 11) is 0. The normalized spacial score (nSPS) is 10.0. The molecule has 0 radical (unpaired) electrons. The topological polar surface area (TPSA) is 39.2 Å². The van der Waals surface area contributed by atoms with E-state index < -0.39 is 0 Å². The van der Waals surface area contributed by atoms with Gasteiger partial charge in [-0.05, 0) is 31.5 Å². The summed E-state index contributed by atoms with van der Waals surface area (Å²) in [6, 6.07) is 9.50. The van der Waals surface area contributed by atoms with Crippen molar-refractivity contribution in [2.45, 2.75) is 13.8 Å². The monoisotopic (exact) mass is 227 g/mol. The molecule has 0 aliphatic carbocycles. The van der Waals surface area contributed by atoms with E-state index in [1.165, 1.54) is 6.20 Å². The quantitative estimate of drug-likeness (QED) is 0.755. The van der Waals surface area contributed by atoms with Gasteiger partial charge in [0.1, 0.15) is 5.75 Å². The van der Waals surface area contributed by atoms with Gasteiger partial charge in [0.25, 0.3) is 0 Å². The molecule has 3 nitrogen and oxygen atoms in total. The summed E-state index contributed by atoms with van der Waals surface area (Å²) in [5.74, 6) is 1.31. The van der Waals surface area contributed by atoms with Crippen LogP contribution in [-0.2, 0) is 0 Å². The molecule has 1 aromatic heterocycles. The number of hydrogen-bond acceptors (Lipinski definition) is 3. The van der Waals surface area contributed by atoms with E-state index in [0.29, 0.717) is 11.4 Å². The summed E-state index contributed by atoms with van der Waals surface area (Å²) < 4.78 is 5.71. The second-order valence-corrected chi connectivity index (χ2v) is 3.88. The molecule has 0 fully saturated rings. The summed E-state index contributed by atoms with van der Waals surface area (Å²) in [6.07, 6.45) is 2.28. The highest BCUT2D eigenvalue weighted by atomic mass is 16.5. The van der Waals surface area contributed by atoms with E-state index in [9.17, 15) is 4.79 Å². The smallest absolute Gasteiger partial charge is 0.222 e. The van der Waals surface area contributed by atoms with Gasteiger partial charge in [-0.1, -0.05) is 18.2 Å². The Hall–Kier alpha value is -2.16. The zero-order valence-electron chi connectivity index (χ0n) is 9.81. The number of aryl methyl sites for hydroxylation is 2. The van der Waals surface area contributed by atoms with Gasteiger partial charge in [-0.2, -0.15) is 0 Å². The van der Waals surface area contributed by atoms with Gasteiger partial charge in [0.05, 0.1) is 0 Å². The number of nitrogens with zero attached hydrogens (tertiary/aromatic N) is 1. The van der Waals surface area contributed by atoms with E-state index in [1.807, 2.05) is 38.1 Å². The zero-order chi connectivity index (χ0) is 12.3. The van der Waals surface area contributed by atoms with Crippen LogP contribution in [0.1, 0.15) is 21.5 Å². The van der Waals surface area contributed by atoms with Gasteiger partial charge in [0.2, 0.25) is 5.88 Å². The molecule has 0 aliphatic heterocycles. The lowest BCUT2D eigenvalue weighted by Crippen LogP contribution is -1.94. The van der Waals surface area contributed by atoms with Crippen LogP contribution in [-0.4, -0.2) is 11.3 Å². The number of pyridine rings is 1. The first-order valence-corrected chi connectivity index (χ1v) is 5.36. The van der Waals surface area contributed by atoms with E-state index in [4.69, 9.17) is 4.74 Å². The fraction of sp³-hybridized carbons (Fsp3) is 0.143. The maximum absolute atomic E-state index is 10.6. The van der Waals surface area contributed by atoms with Gasteiger partial charge in [0.15, 0.2) is 6.29 Å². The van der Waals surface area contributed by atoms with Crippen molar-refractivity contribution in [2.75, 3.05) is 0 Å². The van der Waals surface area contributed by atoms with E-state index >= 15 is 0 Å². The Morgan fingerprint density at radius 1 is 1.18 bits per heavy atom. The number of para-hydroxylation sites is 1. The number of carbonyl (C=O) groups is 1. The van der Waals surface area contributed by atoms with Crippen LogP contribution in [0.25, 0.3) is 0 Å². The molecule has 0 amide bonds. The molecule has 2 rings (SSSR count). The number of aromatic nitrogens is 1. The average molecular weight is 227 g/mol. The Balaban J connectivity index is 2.31. The third-order valence-electron chi connectivity index (χ3n) is 2.49. The fourth-order valence-electron chi connectivity index (χ4n) is 1.53. The molecule has 2 aromatic rings. The lowest BCUT2D eigenvalue weighted by Gasteiger charge is -2.09. The predicted octanol–water partition coefficient (Wildman–Crippen LogP) is 3.30. The van der Waals surface area contributed by atoms with Crippen molar-refractivity contribution >= 4 is 6.29 Å². The van der Waals surface area contributed by atoms with E-state index in [1.54, 1.807) is 6.07 Å². The third-order valence-corrected chi connectivity index (χ3v) is 2.49. The van der Waals surface area contributed by atoms with Crippen molar-refractivity contribution in [3.8, 4) is 11.6 Å². The highest BCUT2D eigenvalue weighted by Gasteiger charge is 2.05. The van der Waals surface area contributed by atoms with E-state index in [-0.39, 0.29) is 0 Å². The Kier molecular flexibility index (Phi) is 3.19. The first-order chi connectivity index (χ1) is 8.20. The molecule has 3 heteroatoms. The average Bonchev–Trinajstić information content (AvgIpc) is 2.34. The Morgan fingerprint density at radius 3 is 2.59 bits per heavy atom. The van der Waals surface area contributed by atoms with Gasteiger partial charge in [-0.25, -0.2) is 4.98 Å². The molecule has 0 atom stereocenters. The summed E-state index contributed by atoms with van der Waals surface area (Å²) >= 11 is 0. The molecule has 0 spiro atoms. The number of rotatable bonds is 3. The second-order valence-electron chi connectivity index (χ2n) is 3.88. The molecule has 86 valence electrons. The minimum Gasteiger partial charge on any atom is -0.438 e. The summed E-state index contributed by atoms with van der Waals surface area (Å²) in [6.45, 7) is 3.85.